The molecule has 2 aliphatic rings. The topological polar surface area (TPSA) is 77.8 Å². The zero-order chi connectivity index (χ0) is 41.2. The first-order valence-corrected chi connectivity index (χ1v) is 21.2. The summed E-state index contributed by atoms with van der Waals surface area (Å²) in [5, 5.41) is 4.28. The van der Waals surface area contributed by atoms with Gasteiger partial charge in [-0.1, -0.05) is 140 Å². The molecule has 0 bridgehead atoms. The number of benzene rings is 8. The lowest BCUT2D eigenvalue weighted by atomic mass is 9.69. The van der Waals surface area contributed by atoms with Gasteiger partial charge in [0, 0.05) is 38.2 Å². The summed E-state index contributed by atoms with van der Waals surface area (Å²) in [5.41, 5.74) is 16.8. The molecule has 0 fully saturated rings. The standard InChI is InChI=1S/C57H32N4O2/c1-3-14-33(15-4-1)46-23-13-24-47(58-46)56-60-54(34-16-5-2-6-17-34)59-55(61-56)35-26-28-49-42(30-35)52-50(62-49)29-27-39-40-31-41-38-20-9-12-25-48(38)63-51(41)32-45(40)57(53(39)52)43-21-10-7-18-36(43)37-19-8-11-22-44(37)57/h1-32H. The monoisotopic (exact) mass is 804 g/mol. The molecule has 12 aromatic rings. The predicted molar refractivity (Wildman–Crippen MR) is 250 cm³/mol. The van der Waals surface area contributed by atoms with Crippen molar-refractivity contribution in [2.45, 2.75) is 5.41 Å². The average Bonchev–Trinajstić information content (AvgIpc) is 4.08. The number of para-hydroxylation sites is 1. The number of fused-ring (bicyclic) bond motifs is 17. The Balaban J connectivity index is 1.04. The maximum atomic E-state index is 6.83. The molecule has 0 radical (unpaired) electrons. The van der Waals surface area contributed by atoms with Crippen molar-refractivity contribution in [2.24, 2.45) is 0 Å². The quantitative estimate of drug-likeness (QED) is 0.176. The van der Waals surface area contributed by atoms with Crippen LogP contribution >= 0.6 is 0 Å². The summed E-state index contributed by atoms with van der Waals surface area (Å²) in [7, 11) is 0. The Morgan fingerprint density at radius 3 is 1.73 bits per heavy atom. The second-order valence-electron chi connectivity index (χ2n) is 16.5. The largest absolute Gasteiger partial charge is 0.456 e. The summed E-state index contributed by atoms with van der Waals surface area (Å²) in [5.74, 6) is 1.63. The average molecular weight is 805 g/mol. The first-order valence-electron chi connectivity index (χ1n) is 21.2. The lowest BCUT2D eigenvalue weighted by Crippen LogP contribution is -2.26. The highest BCUT2D eigenvalue weighted by Crippen LogP contribution is 2.65. The molecule has 2 aliphatic carbocycles. The van der Waals surface area contributed by atoms with Gasteiger partial charge in [-0.15, -0.1) is 0 Å². The maximum absolute atomic E-state index is 6.83. The molecule has 4 heterocycles. The minimum absolute atomic E-state index is 0.500. The van der Waals surface area contributed by atoms with Gasteiger partial charge in [-0.25, -0.2) is 19.9 Å². The van der Waals surface area contributed by atoms with E-state index in [0.29, 0.717) is 23.2 Å². The Morgan fingerprint density at radius 2 is 0.937 bits per heavy atom. The molecule has 1 spiro atoms. The Kier molecular flexibility index (Phi) is 6.94. The molecule has 4 aromatic heterocycles. The van der Waals surface area contributed by atoms with Crippen molar-refractivity contribution < 1.29 is 8.83 Å². The molecule has 0 saturated heterocycles. The van der Waals surface area contributed by atoms with Crippen molar-refractivity contribution in [1.29, 1.82) is 0 Å². The van der Waals surface area contributed by atoms with E-state index >= 15 is 0 Å². The highest BCUT2D eigenvalue weighted by molar-refractivity contribution is 6.16. The molecular weight excluding hydrogens is 773 g/mol. The van der Waals surface area contributed by atoms with E-state index in [-0.39, 0.29) is 0 Å². The van der Waals surface area contributed by atoms with Crippen molar-refractivity contribution in [2.75, 3.05) is 0 Å². The highest BCUT2D eigenvalue weighted by Gasteiger charge is 2.53. The van der Waals surface area contributed by atoms with Crippen LogP contribution in [-0.2, 0) is 5.41 Å². The second-order valence-corrected chi connectivity index (χ2v) is 16.5. The summed E-state index contributed by atoms with van der Waals surface area (Å²) in [4.78, 5) is 20.4. The molecule has 0 amide bonds. The molecule has 0 N–H and O–H groups in total. The Bertz CT molecular complexity index is 3820. The van der Waals surface area contributed by atoms with Gasteiger partial charge in [0.2, 0.25) is 0 Å². The molecule has 0 saturated carbocycles. The predicted octanol–water partition coefficient (Wildman–Crippen LogP) is 14.1. The summed E-state index contributed by atoms with van der Waals surface area (Å²) < 4.78 is 13.5. The van der Waals surface area contributed by atoms with Gasteiger partial charge in [0.05, 0.1) is 11.1 Å². The van der Waals surface area contributed by atoms with Crippen LogP contribution in [0.3, 0.4) is 0 Å². The van der Waals surface area contributed by atoms with Crippen LogP contribution in [0.4, 0.5) is 0 Å². The second kappa shape index (κ2) is 12.8. The number of rotatable bonds is 4. The van der Waals surface area contributed by atoms with Crippen molar-refractivity contribution in [3.05, 3.63) is 216 Å². The van der Waals surface area contributed by atoms with E-state index in [0.717, 1.165) is 66.3 Å². The fourth-order valence-corrected chi connectivity index (χ4v) is 10.5. The first kappa shape index (κ1) is 34.3. The summed E-state index contributed by atoms with van der Waals surface area (Å²) >= 11 is 0. The van der Waals surface area contributed by atoms with E-state index in [1.807, 2.05) is 72.8 Å². The Labute approximate surface area is 360 Å². The zero-order valence-corrected chi connectivity index (χ0v) is 33.6. The molecule has 14 rings (SSSR count). The van der Waals surface area contributed by atoms with E-state index in [9.17, 15) is 0 Å². The molecule has 0 aliphatic heterocycles. The SMILES string of the molecule is c1ccc(-c2cccc(-c3nc(-c4ccccc4)nc(-c4ccc5oc6ccc7c(c6c5c4)C4(c5ccccc5-c5ccccc54)c4cc5oc6ccccc6c5cc4-7)n3)n2)cc1. The molecule has 0 atom stereocenters. The fraction of sp³-hybridized carbons (Fsp3) is 0.0175. The summed E-state index contributed by atoms with van der Waals surface area (Å²) in [6, 6.07) is 67.7. The number of pyridine rings is 1. The zero-order valence-electron chi connectivity index (χ0n) is 33.6. The van der Waals surface area contributed by atoms with Gasteiger partial charge in [-0.3, -0.25) is 0 Å². The van der Waals surface area contributed by atoms with Crippen molar-refractivity contribution in [3.63, 3.8) is 0 Å². The van der Waals surface area contributed by atoms with Crippen molar-refractivity contribution in [1.82, 2.24) is 19.9 Å². The van der Waals surface area contributed by atoms with E-state index in [1.165, 1.54) is 44.5 Å². The minimum Gasteiger partial charge on any atom is -0.456 e. The van der Waals surface area contributed by atoms with E-state index < -0.39 is 5.41 Å². The maximum Gasteiger partial charge on any atom is 0.182 e. The molecular formula is C57H32N4O2. The van der Waals surface area contributed by atoms with Gasteiger partial charge < -0.3 is 8.83 Å². The number of nitrogens with zero attached hydrogens (tertiary/aromatic N) is 4. The van der Waals surface area contributed by atoms with Gasteiger partial charge in [-0.2, -0.15) is 0 Å². The molecule has 292 valence electrons. The summed E-state index contributed by atoms with van der Waals surface area (Å²) in [6.45, 7) is 0. The van der Waals surface area contributed by atoms with Crippen molar-refractivity contribution in [3.8, 4) is 67.8 Å². The van der Waals surface area contributed by atoms with Crippen molar-refractivity contribution >= 4 is 43.9 Å². The number of furan rings is 2. The third-order valence-electron chi connectivity index (χ3n) is 13.1. The normalized spacial score (nSPS) is 13.2. The number of aromatic nitrogens is 4. The van der Waals surface area contributed by atoms with Crippen LogP contribution in [0.15, 0.2) is 203 Å². The van der Waals surface area contributed by atoms with Gasteiger partial charge in [0.25, 0.3) is 0 Å². The van der Waals surface area contributed by atoms with Crippen LogP contribution in [0.2, 0.25) is 0 Å². The van der Waals surface area contributed by atoms with Crippen LogP contribution in [0, 0.1) is 0 Å². The fourth-order valence-electron chi connectivity index (χ4n) is 10.5. The first-order chi connectivity index (χ1) is 31.2. The van der Waals surface area contributed by atoms with Gasteiger partial charge in [0.15, 0.2) is 17.5 Å². The van der Waals surface area contributed by atoms with Crippen LogP contribution in [-0.4, -0.2) is 19.9 Å². The minimum atomic E-state index is -0.645. The van der Waals surface area contributed by atoms with Gasteiger partial charge in [-0.05, 0) is 99.1 Å². The smallest absolute Gasteiger partial charge is 0.182 e. The summed E-state index contributed by atoms with van der Waals surface area (Å²) in [6.07, 6.45) is 0. The van der Waals surface area contributed by atoms with E-state index in [1.54, 1.807) is 0 Å². The van der Waals surface area contributed by atoms with Crippen LogP contribution in [0.25, 0.3) is 112 Å². The van der Waals surface area contributed by atoms with E-state index in [2.05, 4.69) is 121 Å². The molecule has 6 nitrogen and oxygen atoms in total. The molecule has 6 heteroatoms. The Morgan fingerprint density at radius 1 is 0.317 bits per heavy atom. The van der Waals surface area contributed by atoms with Crippen LogP contribution < -0.4 is 0 Å². The lowest BCUT2D eigenvalue weighted by Gasteiger charge is -2.31. The van der Waals surface area contributed by atoms with Crippen LogP contribution in [0.1, 0.15) is 22.3 Å². The van der Waals surface area contributed by atoms with Gasteiger partial charge >= 0.3 is 0 Å². The molecule has 63 heavy (non-hydrogen) atoms. The number of hydrogen-bond donors (Lipinski definition) is 0. The third-order valence-corrected chi connectivity index (χ3v) is 13.1. The van der Waals surface area contributed by atoms with Crippen LogP contribution in [0.5, 0.6) is 0 Å². The highest BCUT2D eigenvalue weighted by atomic mass is 16.3. The van der Waals surface area contributed by atoms with Gasteiger partial charge in [0.1, 0.15) is 28.0 Å². The molecule has 0 unspecified atom stereocenters. The molecule has 8 aromatic carbocycles. The third kappa shape index (κ3) is 4.77. The Hall–Kier alpha value is -8.48. The van der Waals surface area contributed by atoms with E-state index in [4.69, 9.17) is 28.8 Å². The number of hydrogen-bond acceptors (Lipinski definition) is 6. The lowest BCUT2D eigenvalue weighted by molar-refractivity contribution is 0.666.